The molecule has 192 valence electrons. The highest BCUT2D eigenvalue weighted by atomic mass is 79.9. The minimum absolute atomic E-state index is 0.103. The maximum atomic E-state index is 13.4. The third kappa shape index (κ3) is 6.94. The summed E-state index contributed by atoms with van der Waals surface area (Å²) in [4.78, 5) is 20.3. The Labute approximate surface area is 233 Å². The Morgan fingerprint density at radius 3 is 2.46 bits per heavy atom. The number of amides is 1. The van der Waals surface area contributed by atoms with Gasteiger partial charge in [-0.15, -0.1) is 0 Å². The molecular weight excluding hydrogens is 579 g/mol. The van der Waals surface area contributed by atoms with E-state index in [-0.39, 0.29) is 24.2 Å². The van der Waals surface area contributed by atoms with Crippen LogP contribution < -0.4 is 9.47 Å². The molecule has 1 amide bonds. The van der Waals surface area contributed by atoms with Crippen LogP contribution in [0.1, 0.15) is 25.0 Å². The number of amidine groups is 1. The van der Waals surface area contributed by atoms with Crippen molar-refractivity contribution in [2.24, 2.45) is 10.9 Å². The minimum atomic E-state index is -0.297. The molecule has 1 saturated heterocycles. The highest BCUT2D eigenvalue weighted by Gasteiger charge is 2.34. The first-order valence-electron chi connectivity index (χ1n) is 11.5. The second-order valence-corrected chi connectivity index (χ2v) is 11.0. The number of methoxy groups -OCH3 is 1. The van der Waals surface area contributed by atoms with Crippen LogP contribution in [0.5, 0.6) is 11.5 Å². The average molecular weight is 604 g/mol. The molecule has 4 rings (SSSR count). The predicted molar refractivity (Wildman–Crippen MR) is 152 cm³/mol. The van der Waals surface area contributed by atoms with E-state index in [4.69, 9.17) is 26.1 Å². The predicted octanol–water partition coefficient (Wildman–Crippen LogP) is 8.09. The summed E-state index contributed by atoms with van der Waals surface area (Å²) < 4.78 is 25.4. The molecule has 3 aromatic carbocycles. The van der Waals surface area contributed by atoms with Gasteiger partial charge < -0.3 is 9.47 Å². The number of carbonyl (C=O) groups is 1. The molecule has 0 atom stereocenters. The molecule has 0 unspecified atom stereocenters. The molecule has 0 N–H and O–H groups in total. The molecule has 9 heteroatoms. The molecule has 1 fully saturated rings. The first-order valence-corrected chi connectivity index (χ1v) is 13.5. The van der Waals surface area contributed by atoms with Crippen LogP contribution >= 0.6 is 39.3 Å². The summed E-state index contributed by atoms with van der Waals surface area (Å²) in [7, 11) is 1.56. The lowest BCUT2D eigenvalue weighted by Crippen LogP contribution is -2.32. The van der Waals surface area contributed by atoms with Crippen LogP contribution in [-0.4, -0.2) is 29.6 Å². The van der Waals surface area contributed by atoms with Gasteiger partial charge in [0.1, 0.15) is 12.4 Å². The van der Waals surface area contributed by atoms with Gasteiger partial charge in [0.05, 0.1) is 17.7 Å². The van der Waals surface area contributed by atoms with Crippen LogP contribution in [-0.2, 0) is 11.4 Å². The largest absolute Gasteiger partial charge is 0.493 e. The lowest BCUT2D eigenvalue weighted by atomic mass is 10.1. The summed E-state index contributed by atoms with van der Waals surface area (Å²) in [6, 6.07) is 16.9. The molecule has 1 aliphatic heterocycles. The van der Waals surface area contributed by atoms with E-state index in [9.17, 15) is 9.18 Å². The summed E-state index contributed by atoms with van der Waals surface area (Å²) in [6.45, 7) is 4.93. The molecule has 0 radical (unpaired) electrons. The van der Waals surface area contributed by atoms with Crippen LogP contribution in [0, 0.1) is 11.7 Å². The fraction of sp³-hybridized carbons (Fsp3) is 0.214. The normalized spacial score (nSPS) is 15.8. The van der Waals surface area contributed by atoms with Crippen LogP contribution in [0.2, 0.25) is 5.02 Å². The highest BCUT2D eigenvalue weighted by Crippen LogP contribution is 2.39. The zero-order valence-corrected chi connectivity index (χ0v) is 23.7. The first-order chi connectivity index (χ1) is 17.7. The van der Waals surface area contributed by atoms with Gasteiger partial charge in [-0.25, -0.2) is 9.38 Å². The standard InChI is InChI=1S/C28H25BrClFN2O3S/c1-17(2)15-33-27(34)26(37-28(33)32-22-10-6-20(30)7-11-22)13-19-12-24(35-3)25(14-23(19)29)36-16-18-4-8-21(31)9-5-18/h4-14,17H,15-16H2,1-3H3/b26-13-,32-28?. The summed E-state index contributed by atoms with van der Waals surface area (Å²) >= 11 is 10.9. The van der Waals surface area contributed by atoms with E-state index in [1.807, 2.05) is 24.3 Å². The van der Waals surface area contributed by atoms with E-state index in [0.29, 0.717) is 33.1 Å². The zero-order chi connectivity index (χ0) is 26.5. The number of thioether (sulfide) groups is 1. The topological polar surface area (TPSA) is 51.1 Å². The van der Waals surface area contributed by atoms with E-state index in [0.717, 1.165) is 21.3 Å². The van der Waals surface area contributed by atoms with Crippen LogP contribution in [0.3, 0.4) is 0 Å². The van der Waals surface area contributed by atoms with E-state index >= 15 is 0 Å². The molecule has 0 saturated carbocycles. The molecule has 1 heterocycles. The van der Waals surface area contributed by atoms with Gasteiger partial charge in [-0.3, -0.25) is 9.69 Å². The number of halogens is 3. The minimum Gasteiger partial charge on any atom is -0.493 e. The van der Waals surface area contributed by atoms with Crippen molar-refractivity contribution < 1.29 is 18.7 Å². The first kappa shape index (κ1) is 27.2. The van der Waals surface area contributed by atoms with Crippen molar-refractivity contribution in [1.29, 1.82) is 0 Å². The molecule has 0 aromatic heterocycles. The van der Waals surface area contributed by atoms with Crippen LogP contribution in [0.15, 0.2) is 75.0 Å². The van der Waals surface area contributed by atoms with E-state index in [1.54, 1.807) is 42.3 Å². The Hall–Kier alpha value is -2.81. The maximum Gasteiger partial charge on any atom is 0.266 e. The lowest BCUT2D eigenvalue weighted by Gasteiger charge is -2.17. The van der Waals surface area contributed by atoms with Crippen LogP contribution in [0.4, 0.5) is 10.1 Å². The Balaban J connectivity index is 1.61. The molecule has 5 nitrogen and oxygen atoms in total. The number of hydrogen-bond donors (Lipinski definition) is 0. The molecule has 1 aliphatic rings. The number of aliphatic imine (C=N–C) groups is 1. The molecule has 0 spiro atoms. The van der Waals surface area contributed by atoms with Crippen LogP contribution in [0.25, 0.3) is 6.08 Å². The molecule has 0 bridgehead atoms. The van der Waals surface area contributed by atoms with Gasteiger partial charge in [0.15, 0.2) is 16.7 Å². The summed E-state index contributed by atoms with van der Waals surface area (Å²) in [5.74, 6) is 0.908. The number of nitrogens with zero attached hydrogens (tertiary/aromatic N) is 2. The summed E-state index contributed by atoms with van der Waals surface area (Å²) in [5, 5.41) is 1.25. The smallest absolute Gasteiger partial charge is 0.266 e. The van der Waals surface area contributed by atoms with Crippen molar-refractivity contribution in [2.45, 2.75) is 20.5 Å². The van der Waals surface area contributed by atoms with E-state index < -0.39 is 0 Å². The fourth-order valence-electron chi connectivity index (χ4n) is 3.56. The van der Waals surface area contributed by atoms with Gasteiger partial charge in [-0.05, 0) is 83.4 Å². The van der Waals surface area contributed by atoms with Gasteiger partial charge in [0.2, 0.25) is 0 Å². The third-order valence-corrected chi connectivity index (χ3v) is 7.31. The molecule has 0 aliphatic carbocycles. The van der Waals surface area contributed by atoms with E-state index in [1.165, 1.54) is 23.9 Å². The quantitative estimate of drug-likeness (QED) is 0.244. The lowest BCUT2D eigenvalue weighted by molar-refractivity contribution is -0.122. The van der Waals surface area contributed by atoms with Crippen molar-refractivity contribution >= 4 is 62.1 Å². The van der Waals surface area contributed by atoms with Crippen molar-refractivity contribution in [3.05, 3.63) is 92.0 Å². The van der Waals surface area contributed by atoms with Crippen molar-refractivity contribution in [1.82, 2.24) is 4.90 Å². The van der Waals surface area contributed by atoms with Gasteiger partial charge in [-0.1, -0.05) is 53.5 Å². The number of ether oxygens (including phenoxy) is 2. The van der Waals surface area contributed by atoms with Gasteiger partial charge in [-0.2, -0.15) is 0 Å². The van der Waals surface area contributed by atoms with Crippen molar-refractivity contribution in [3.63, 3.8) is 0 Å². The molecule has 3 aromatic rings. The number of rotatable bonds is 8. The maximum absolute atomic E-state index is 13.4. The fourth-order valence-corrected chi connectivity index (χ4v) is 5.12. The number of hydrogen-bond acceptors (Lipinski definition) is 5. The van der Waals surface area contributed by atoms with Crippen molar-refractivity contribution in [2.75, 3.05) is 13.7 Å². The Morgan fingerprint density at radius 2 is 1.81 bits per heavy atom. The van der Waals surface area contributed by atoms with Gasteiger partial charge >= 0.3 is 0 Å². The number of carbonyl (C=O) groups excluding carboxylic acids is 1. The summed E-state index contributed by atoms with van der Waals surface area (Å²) in [5.41, 5.74) is 2.32. The molecule has 37 heavy (non-hydrogen) atoms. The van der Waals surface area contributed by atoms with E-state index in [2.05, 4.69) is 29.8 Å². The number of benzene rings is 3. The van der Waals surface area contributed by atoms with Crippen molar-refractivity contribution in [3.8, 4) is 11.5 Å². The second-order valence-electron chi connectivity index (χ2n) is 8.73. The Kier molecular flexibility index (Phi) is 8.95. The highest BCUT2D eigenvalue weighted by molar-refractivity contribution is 9.10. The summed E-state index contributed by atoms with van der Waals surface area (Å²) in [6.07, 6.45) is 1.82. The Bertz CT molecular complexity index is 1340. The second kappa shape index (κ2) is 12.2. The SMILES string of the molecule is COc1cc(/C=C2\SC(=Nc3ccc(Cl)cc3)N(CC(C)C)C2=O)c(Br)cc1OCc1ccc(F)cc1. The van der Waals surface area contributed by atoms with Gasteiger partial charge in [0.25, 0.3) is 5.91 Å². The van der Waals surface area contributed by atoms with Gasteiger partial charge in [0, 0.05) is 16.0 Å². The molecular formula is C28H25BrClFN2O3S. The zero-order valence-electron chi connectivity index (χ0n) is 20.5. The average Bonchev–Trinajstić information content (AvgIpc) is 3.14. The third-order valence-electron chi connectivity index (χ3n) is 5.36. The Morgan fingerprint density at radius 1 is 1.11 bits per heavy atom. The monoisotopic (exact) mass is 602 g/mol.